The summed E-state index contributed by atoms with van der Waals surface area (Å²) in [7, 11) is 3.50. The van der Waals surface area contributed by atoms with Gasteiger partial charge in [0.2, 0.25) is 5.91 Å². The zero-order chi connectivity index (χ0) is 12.8. The number of benzene rings is 1. The minimum absolute atomic E-state index is 0.111. The van der Waals surface area contributed by atoms with Crippen molar-refractivity contribution in [2.75, 3.05) is 20.6 Å². The molecule has 0 saturated heterocycles. The molecule has 0 aliphatic carbocycles. The quantitative estimate of drug-likeness (QED) is 0.838. The lowest BCUT2D eigenvalue weighted by Crippen LogP contribution is -2.26. The normalized spacial score (nSPS) is 10.4. The first-order chi connectivity index (χ1) is 8.00. The van der Waals surface area contributed by atoms with Crippen molar-refractivity contribution < 1.29 is 4.79 Å². The second kappa shape index (κ2) is 6.84. The van der Waals surface area contributed by atoms with Crippen LogP contribution in [0.3, 0.4) is 0 Å². The van der Waals surface area contributed by atoms with Gasteiger partial charge in [0.15, 0.2) is 0 Å². The average Bonchev–Trinajstić information content (AvgIpc) is 2.26. The lowest BCUT2D eigenvalue weighted by molar-refractivity contribution is -0.128. The van der Waals surface area contributed by atoms with Crippen molar-refractivity contribution in [1.29, 1.82) is 0 Å². The Morgan fingerprint density at radius 3 is 2.65 bits per heavy atom. The molecule has 0 atom stereocenters. The SMILES string of the molecule is CN(C)C(=O)CCNCc1ccc(Cl)cc1Cl. The molecule has 0 aliphatic rings. The largest absolute Gasteiger partial charge is 0.349 e. The van der Waals surface area contributed by atoms with Crippen LogP contribution in [0, 0.1) is 0 Å². The lowest BCUT2D eigenvalue weighted by atomic mass is 10.2. The number of nitrogens with zero attached hydrogens (tertiary/aromatic N) is 1. The highest BCUT2D eigenvalue weighted by Crippen LogP contribution is 2.20. The fraction of sp³-hybridized carbons (Fsp3) is 0.417. The molecule has 0 saturated carbocycles. The molecule has 3 nitrogen and oxygen atoms in total. The van der Waals surface area contributed by atoms with Crippen molar-refractivity contribution >= 4 is 29.1 Å². The maximum Gasteiger partial charge on any atom is 0.223 e. The third-order valence-corrected chi connectivity index (χ3v) is 2.93. The molecule has 0 aliphatic heterocycles. The predicted molar refractivity (Wildman–Crippen MR) is 71.5 cm³/mol. The summed E-state index contributed by atoms with van der Waals surface area (Å²) in [6.07, 6.45) is 0.484. The Bertz CT molecular complexity index is 394. The smallest absolute Gasteiger partial charge is 0.223 e. The fourth-order valence-electron chi connectivity index (χ4n) is 1.31. The molecular formula is C12H16Cl2N2O. The summed E-state index contributed by atoms with van der Waals surface area (Å²) in [4.78, 5) is 12.9. The molecule has 0 radical (unpaired) electrons. The van der Waals surface area contributed by atoms with Crippen LogP contribution < -0.4 is 5.32 Å². The molecule has 0 unspecified atom stereocenters. The predicted octanol–water partition coefficient (Wildman–Crippen LogP) is 2.56. The van der Waals surface area contributed by atoms with Crippen molar-refractivity contribution in [1.82, 2.24) is 10.2 Å². The van der Waals surface area contributed by atoms with Crippen LogP contribution in [0.2, 0.25) is 10.0 Å². The lowest BCUT2D eigenvalue weighted by Gasteiger charge is -2.11. The summed E-state index contributed by atoms with van der Waals surface area (Å²) in [6.45, 7) is 1.27. The molecule has 1 amide bonds. The number of rotatable bonds is 5. The second-order valence-electron chi connectivity index (χ2n) is 3.95. The van der Waals surface area contributed by atoms with E-state index in [-0.39, 0.29) is 5.91 Å². The third-order valence-electron chi connectivity index (χ3n) is 2.35. The molecule has 5 heteroatoms. The number of carbonyl (C=O) groups excluding carboxylic acids is 1. The molecule has 0 bridgehead atoms. The highest BCUT2D eigenvalue weighted by molar-refractivity contribution is 6.35. The summed E-state index contributed by atoms with van der Waals surface area (Å²) in [5, 5.41) is 4.44. The summed E-state index contributed by atoms with van der Waals surface area (Å²) in [5.74, 6) is 0.111. The maximum absolute atomic E-state index is 11.3. The number of amides is 1. The van der Waals surface area contributed by atoms with Crippen molar-refractivity contribution in [3.63, 3.8) is 0 Å². The minimum atomic E-state index is 0.111. The fourth-order valence-corrected chi connectivity index (χ4v) is 1.78. The molecule has 1 rings (SSSR count). The molecular weight excluding hydrogens is 259 g/mol. The van der Waals surface area contributed by atoms with Crippen molar-refractivity contribution in [3.8, 4) is 0 Å². The molecule has 1 aromatic carbocycles. The highest BCUT2D eigenvalue weighted by atomic mass is 35.5. The third kappa shape index (κ3) is 4.94. The monoisotopic (exact) mass is 274 g/mol. The van der Waals surface area contributed by atoms with E-state index in [1.165, 1.54) is 0 Å². The number of hydrogen-bond acceptors (Lipinski definition) is 2. The Morgan fingerprint density at radius 2 is 2.06 bits per heavy atom. The minimum Gasteiger partial charge on any atom is -0.349 e. The Hall–Kier alpha value is -0.770. The van der Waals surface area contributed by atoms with E-state index in [2.05, 4.69) is 5.32 Å². The molecule has 94 valence electrons. The van der Waals surface area contributed by atoms with Gasteiger partial charge in [-0.2, -0.15) is 0 Å². The van der Waals surface area contributed by atoms with Gasteiger partial charge in [0, 0.05) is 43.7 Å². The molecule has 0 aromatic heterocycles. The van der Waals surface area contributed by atoms with Gasteiger partial charge in [-0.1, -0.05) is 29.3 Å². The van der Waals surface area contributed by atoms with Gasteiger partial charge in [-0.25, -0.2) is 0 Å². The van der Waals surface area contributed by atoms with Crippen LogP contribution in [0.25, 0.3) is 0 Å². The maximum atomic E-state index is 11.3. The van der Waals surface area contributed by atoms with Crippen LogP contribution in [-0.4, -0.2) is 31.4 Å². The van der Waals surface area contributed by atoms with Gasteiger partial charge in [0.1, 0.15) is 0 Å². The van der Waals surface area contributed by atoms with E-state index < -0.39 is 0 Å². The van der Waals surface area contributed by atoms with Gasteiger partial charge in [-0.3, -0.25) is 4.79 Å². The summed E-state index contributed by atoms with van der Waals surface area (Å²) >= 11 is 11.8. The van der Waals surface area contributed by atoms with Crippen LogP contribution in [0.15, 0.2) is 18.2 Å². The highest BCUT2D eigenvalue weighted by Gasteiger charge is 2.04. The van der Waals surface area contributed by atoms with Gasteiger partial charge in [-0.05, 0) is 17.7 Å². The van der Waals surface area contributed by atoms with E-state index in [0.717, 1.165) is 5.56 Å². The number of nitrogens with one attached hydrogen (secondary N) is 1. The molecule has 0 heterocycles. The van der Waals surface area contributed by atoms with Gasteiger partial charge in [0.25, 0.3) is 0 Å². The molecule has 0 fully saturated rings. The van der Waals surface area contributed by atoms with Crippen LogP contribution in [0.1, 0.15) is 12.0 Å². The van der Waals surface area contributed by atoms with E-state index in [1.807, 2.05) is 6.07 Å². The topological polar surface area (TPSA) is 32.3 Å². The number of hydrogen-bond donors (Lipinski definition) is 1. The Kier molecular flexibility index (Phi) is 5.75. The zero-order valence-electron chi connectivity index (χ0n) is 9.96. The van der Waals surface area contributed by atoms with Gasteiger partial charge < -0.3 is 10.2 Å². The molecule has 0 spiro atoms. The second-order valence-corrected chi connectivity index (χ2v) is 4.79. The van der Waals surface area contributed by atoms with Crippen LogP contribution >= 0.6 is 23.2 Å². The van der Waals surface area contributed by atoms with Crippen molar-refractivity contribution in [2.45, 2.75) is 13.0 Å². The Labute approximate surface area is 112 Å². The van der Waals surface area contributed by atoms with Crippen LogP contribution in [0.4, 0.5) is 0 Å². The van der Waals surface area contributed by atoms with Gasteiger partial charge >= 0.3 is 0 Å². The molecule has 1 N–H and O–H groups in total. The number of carbonyl (C=O) groups is 1. The van der Waals surface area contributed by atoms with Crippen molar-refractivity contribution in [2.24, 2.45) is 0 Å². The van der Waals surface area contributed by atoms with E-state index in [0.29, 0.717) is 29.6 Å². The summed E-state index contributed by atoms with van der Waals surface area (Å²) in [5.41, 5.74) is 0.980. The standard InChI is InChI=1S/C12H16Cl2N2O/c1-16(2)12(17)5-6-15-8-9-3-4-10(13)7-11(9)14/h3-4,7,15H,5-6,8H2,1-2H3. The first-order valence-electron chi connectivity index (χ1n) is 5.35. The Morgan fingerprint density at radius 1 is 1.35 bits per heavy atom. The van der Waals surface area contributed by atoms with E-state index in [1.54, 1.807) is 31.1 Å². The van der Waals surface area contributed by atoms with Crippen molar-refractivity contribution in [3.05, 3.63) is 33.8 Å². The molecule has 1 aromatic rings. The first-order valence-corrected chi connectivity index (χ1v) is 6.11. The Balaban J connectivity index is 2.34. The average molecular weight is 275 g/mol. The summed E-state index contributed by atoms with van der Waals surface area (Å²) < 4.78 is 0. The van der Waals surface area contributed by atoms with Crippen LogP contribution in [0.5, 0.6) is 0 Å². The van der Waals surface area contributed by atoms with E-state index in [9.17, 15) is 4.79 Å². The zero-order valence-corrected chi connectivity index (χ0v) is 11.5. The number of halogens is 2. The summed E-state index contributed by atoms with van der Waals surface area (Å²) in [6, 6.07) is 5.39. The van der Waals surface area contributed by atoms with Gasteiger partial charge in [-0.15, -0.1) is 0 Å². The van der Waals surface area contributed by atoms with Crippen LogP contribution in [-0.2, 0) is 11.3 Å². The van der Waals surface area contributed by atoms with E-state index >= 15 is 0 Å². The molecule has 17 heavy (non-hydrogen) atoms. The first kappa shape index (κ1) is 14.3. The van der Waals surface area contributed by atoms with Gasteiger partial charge in [0.05, 0.1) is 0 Å². The van der Waals surface area contributed by atoms with E-state index in [4.69, 9.17) is 23.2 Å².